The SMILES string of the molecule is COc1ccc2c(c1)N(Cc1ccc(C)cc1)C(=O)C2=O. The van der Waals surface area contributed by atoms with Crippen molar-refractivity contribution >= 4 is 17.4 Å². The molecule has 0 unspecified atom stereocenters. The highest BCUT2D eigenvalue weighted by Gasteiger charge is 2.35. The van der Waals surface area contributed by atoms with Gasteiger partial charge >= 0.3 is 0 Å². The van der Waals surface area contributed by atoms with Crippen LogP contribution in [0.2, 0.25) is 0 Å². The maximum absolute atomic E-state index is 12.2. The maximum Gasteiger partial charge on any atom is 0.299 e. The first kappa shape index (κ1) is 13.4. The van der Waals surface area contributed by atoms with Crippen molar-refractivity contribution in [2.24, 2.45) is 0 Å². The number of hydrogen-bond donors (Lipinski definition) is 0. The zero-order valence-corrected chi connectivity index (χ0v) is 11.9. The van der Waals surface area contributed by atoms with E-state index in [0.29, 0.717) is 23.5 Å². The summed E-state index contributed by atoms with van der Waals surface area (Å²) < 4.78 is 5.17. The van der Waals surface area contributed by atoms with E-state index < -0.39 is 11.7 Å². The van der Waals surface area contributed by atoms with Gasteiger partial charge in [0, 0.05) is 6.07 Å². The quantitative estimate of drug-likeness (QED) is 0.813. The number of anilines is 1. The molecule has 4 nitrogen and oxygen atoms in total. The molecule has 0 aromatic heterocycles. The third kappa shape index (κ3) is 2.29. The number of methoxy groups -OCH3 is 1. The molecule has 0 N–H and O–H groups in total. The largest absolute Gasteiger partial charge is 0.497 e. The van der Waals surface area contributed by atoms with Crippen LogP contribution in [0.3, 0.4) is 0 Å². The van der Waals surface area contributed by atoms with Gasteiger partial charge in [0.25, 0.3) is 11.7 Å². The van der Waals surface area contributed by atoms with Gasteiger partial charge in [-0.2, -0.15) is 0 Å². The third-order valence-corrected chi connectivity index (χ3v) is 3.64. The van der Waals surface area contributed by atoms with E-state index in [-0.39, 0.29) is 0 Å². The summed E-state index contributed by atoms with van der Waals surface area (Å²) in [5, 5.41) is 0. The third-order valence-electron chi connectivity index (χ3n) is 3.64. The molecule has 0 saturated heterocycles. The van der Waals surface area contributed by atoms with E-state index in [9.17, 15) is 9.59 Å². The summed E-state index contributed by atoms with van der Waals surface area (Å²) in [5.74, 6) is -0.316. The molecule has 1 aliphatic rings. The van der Waals surface area contributed by atoms with Crippen molar-refractivity contribution in [3.8, 4) is 5.75 Å². The van der Waals surface area contributed by atoms with Crippen molar-refractivity contribution in [1.29, 1.82) is 0 Å². The van der Waals surface area contributed by atoms with Gasteiger partial charge in [-0.1, -0.05) is 29.8 Å². The van der Waals surface area contributed by atoms with Gasteiger partial charge in [0.1, 0.15) is 5.75 Å². The Labute approximate surface area is 123 Å². The number of aryl methyl sites for hydroxylation is 1. The van der Waals surface area contributed by atoms with Crippen LogP contribution in [0, 0.1) is 6.92 Å². The van der Waals surface area contributed by atoms with Crippen LogP contribution in [0.15, 0.2) is 42.5 Å². The van der Waals surface area contributed by atoms with Crippen molar-refractivity contribution in [3.63, 3.8) is 0 Å². The van der Waals surface area contributed by atoms with Gasteiger partial charge in [-0.25, -0.2) is 0 Å². The molecule has 0 saturated carbocycles. The highest BCUT2D eigenvalue weighted by Crippen LogP contribution is 2.33. The number of fused-ring (bicyclic) bond motifs is 1. The van der Waals surface area contributed by atoms with E-state index in [1.165, 1.54) is 4.90 Å². The lowest BCUT2D eigenvalue weighted by Crippen LogP contribution is -2.29. The molecule has 0 fully saturated rings. The topological polar surface area (TPSA) is 46.6 Å². The fraction of sp³-hybridized carbons (Fsp3) is 0.176. The maximum atomic E-state index is 12.2. The second-order valence-corrected chi connectivity index (χ2v) is 5.09. The Hall–Kier alpha value is -2.62. The van der Waals surface area contributed by atoms with Crippen LogP contribution < -0.4 is 9.64 Å². The molecule has 21 heavy (non-hydrogen) atoms. The Bertz CT molecular complexity index is 719. The van der Waals surface area contributed by atoms with E-state index in [1.807, 2.05) is 31.2 Å². The molecule has 0 atom stereocenters. The smallest absolute Gasteiger partial charge is 0.299 e. The van der Waals surface area contributed by atoms with Crippen molar-refractivity contribution in [3.05, 3.63) is 59.2 Å². The van der Waals surface area contributed by atoms with Gasteiger partial charge in [0.05, 0.1) is 24.9 Å². The van der Waals surface area contributed by atoms with Crippen LogP contribution in [-0.4, -0.2) is 18.8 Å². The van der Waals surface area contributed by atoms with Gasteiger partial charge in [-0.15, -0.1) is 0 Å². The van der Waals surface area contributed by atoms with Gasteiger partial charge in [-0.05, 0) is 24.6 Å². The lowest BCUT2D eigenvalue weighted by atomic mass is 10.1. The first-order chi connectivity index (χ1) is 10.1. The number of carbonyl (C=O) groups excluding carboxylic acids is 2. The summed E-state index contributed by atoms with van der Waals surface area (Å²) in [5.41, 5.74) is 3.19. The second-order valence-electron chi connectivity index (χ2n) is 5.09. The van der Waals surface area contributed by atoms with E-state index in [1.54, 1.807) is 25.3 Å². The van der Waals surface area contributed by atoms with Crippen LogP contribution in [0.1, 0.15) is 21.5 Å². The van der Waals surface area contributed by atoms with Gasteiger partial charge < -0.3 is 9.64 Å². The molecule has 4 heteroatoms. The van der Waals surface area contributed by atoms with E-state index in [2.05, 4.69) is 0 Å². The highest BCUT2D eigenvalue weighted by molar-refractivity contribution is 6.52. The molecular weight excluding hydrogens is 266 g/mol. The summed E-state index contributed by atoms with van der Waals surface area (Å²) in [6, 6.07) is 13.0. The Morgan fingerprint density at radius 3 is 2.43 bits per heavy atom. The monoisotopic (exact) mass is 281 g/mol. The molecule has 2 aromatic rings. The molecule has 1 amide bonds. The summed E-state index contributed by atoms with van der Waals surface area (Å²) in [6.07, 6.45) is 0. The Balaban J connectivity index is 1.98. The predicted molar refractivity (Wildman–Crippen MR) is 79.7 cm³/mol. The molecule has 0 bridgehead atoms. The fourth-order valence-electron chi connectivity index (χ4n) is 2.43. The lowest BCUT2D eigenvalue weighted by Gasteiger charge is -2.17. The summed E-state index contributed by atoms with van der Waals surface area (Å²) >= 11 is 0. The summed E-state index contributed by atoms with van der Waals surface area (Å²) in [7, 11) is 1.56. The van der Waals surface area contributed by atoms with Crippen LogP contribution in [0.4, 0.5) is 5.69 Å². The van der Waals surface area contributed by atoms with E-state index in [4.69, 9.17) is 4.74 Å². The molecule has 3 rings (SSSR count). The van der Waals surface area contributed by atoms with Crippen molar-refractivity contribution in [2.45, 2.75) is 13.5 Å². The average Bonchev–Trinajstić information content (AvgIpc) is 2.74. The number of Topliss-reactive ketones (excluding diaryl/α,β-unsaturated/α-hetero) is 1. The number of amides is 1. The molecule has 0 aliphatic carbocycles. The molecule has 0 radical (unpaired) electrons. The Kier molecular flexibility index (Phi) is 3.22. The number of ketones is 1. The van der Waals surface area contributed by atoms with Crippen molar-refractivity contribution < 1.29 is 14.3 Å². The minimum absolute atomic E-state index is 0.380. The van der Waals surface area contributed by atoms with E-state index >= 15 is 0 Å². The van der Waals surface area contributed by atoms with Crippen LogP contribution in [0.5, 0.6) is 5.75 Å². The minimum Gasteiger partial charge on any atom is -0.497 e. The van der Waals surface area contributed by atoms with Crippen LogP contribution >= 0.6 is 0 Å². The number of rotatable bonds is 3. The molecular formula is C17H15NO3. The normalized spacial score (nSPS) is 13.5. The second kappa shape index (κ2) is 5.05. The van der Waals surface area contributed by atoms with E-state index in [0.717, 1.165) is 11.1 Å². The molecule has 106 valence electrons. The van der Waals surface area contributed by atoms with Crippen LogP contribution in [-0.2, 0) is 11.3 Å². The molecule has 1 aliphatic heterocycles. The lowest BCUT2D eigenvalue weighted by molar-refractivity contribution is -0.114. The molecule has 1 heterocycles. The van der Waals surface area contributed by atoms with Gasteiger partial charge in [0.2, 0.25) is 0 Å². The molecule has 2 aromatic carbocycles. The Morgan fingerprint density at radius 2 is 1.76 bits per heavy atom. The van der Waals surface area contributed by atoms with Crippen molar-refractivity contribution in [1.82, 2.24) is 0 Å². The number of nitrogens with zero attached hydrogens (tertiary/aromatic N) is 1. The van der Waals surface area contributed by atoms with Gasteiger partial charge in [0.15, 0.2) is 0 Å². The first-order valence-electron chi connectivity index (χ1n) is 6.70. The summed E-state index contributed by atoms with van der Waals surface area (Å²) in [6.45, 7) is 2.39. The Morgan fingerprint density at radius 1 is 1.05 bits per heavy atom. The summed E-state index contributed by atoms with van der Waals surface area (Å²) in [4.78, 5) is 25.7. The van der Waals surface area contributed by atoms with Gasteiger partial charge in [-0.3, -0.25) is 9.59 Å². The number of hydrogen-bond acceptors (Lipinski definition) is 3. The highest BCUT2D eigenvalue weighted by atomic mass is 16.5. The number of carbonyl (C=O) groups is 2. The number of ether oxygens (including phenoxy) is 1. The molecule has 0 spiro atoms. The predicted octanol–water partition coefficient (Wildman–Crippen LogP) is 2.73. The average molecular weight is 281 g/mol. The standard InChI is InChI=1S/C17H15NO3/c1-11-3-5-12(6-4-11)10-18-15-9-13(21-2)7-8-14(15)16(19)17(18)20/h3-9H,10H2,1-2H3. The zero-order chi connectivity index (χ0) is 15.0. The first-order valence-corrected chi connectivity index (χ1v) is 6.70. The minimum atomic E-state index is -0.487. The zero-order valence-electron chi connectivity index (χ0n) is 11.9. The van der Waals surface area contributed by atoms with Crippen molar-refractivity contribution in [2.75, 3.05) is 12.0 Å². The number of benzene rings is 2. The fourth-order valence-corrected chi connectivity index (χ4v) is 2.43. The van der Waals surface area contributed by atoms with Crippen LogP contribution in [0.25, 0.3) is 0 Å².